The lowest BCUT2D eigenvalue weighted by Gasteiger charge is -2.37. The molecule has 2 saturated heterocycles. The molecule has 2 heterocycles. The summed E-state index contributed by atoms with van der Waals surface area (Å²) in [7, 11) is 0. The van der Waals surface area contributed by atoms with Crippen LogP contribution >= 0.6 is 48.0 Å². The molecule has 0 bridgehead atoms. The molecule has 6 rings (SSSR count). The van der Waals surface area contributed by atoms with E-state index in [2.05, 4.69) is 42.4 Å². The second-order valence-electron chi connectivity index (χ2n) is 13.3. The first-order valence-electron chi connectivity index (χ1n) is 18.1. The number of carbonyl (C=O) groups excluding carboxylic acids is 2. The lowest BCUT2D eigenvalue weighted by Crippen LogP contribution is -2.47. The third-order valence-corrected chi connectivity index (χ3v) is 12.5. The number of rotatable bonds is 10. The minimum atomic E-state index is -0.283. The molecule has 16 heteroatoms. The van der Waals surface area contributed by atoms with Gasteiger partial charge >= 0.3 is 0 Å². The van der Waals surface area contributed by atoms with Crippen molar-refractivity contribution >= 4 is 91.2 Å². The number of nitrogens with zero attached hydrogens (tertiary/aromatic N) is 6. The number of thiocarbonyl (C=S) groups is 2. The second kappa shape index (κ2) is 19.7. The minimum Gasteiger partial charge on any atom is -0.368 e. The van der Waals surface area contributed by atoms with E-state index < -0.39 is 0 Å². The van der Waals surface area contributed by atoms with E-state index in [1.165, 1.54) is 47.8 Å². The molecule has 0 aliphatic carbocycles. The normalized spacial score (nSPS) is 14.0. The number of anilines is 4. The number of piperazine rings is 2. The Bertz CT molecular complexity index is 2040. The van der Waals surface area contributed by atoms with Crippen LogP contribution in [0.4, 0.5) is 31.5 Å². The van der Waals surface area contributed by atoms with Gasteiger partial charge in [-0.3, -0.25) is 9.59 Å². The van der Waals surface area contributed by atoms with E-state index in [-0.39, 0.29) is 35.0 Å². The molecule has 0 radical (unpaired) electrons. The molecule has 0 atom stereocenters. The minimum absolute atomic E-state index is 0.0894. The summed E-state index contributed by atoms with van der Waals surface area (Å²) in [5.41, 5.74) is 4.93. The van der Waals surface area contributed by atoms with Crippen LogP contribution in [0.5, 0.6) is 0 Å². The molecule has 4 aromatic carbocycles. The Morgan fingerprint density at radius 1 is 0.596 bits per heavy atom. The quantitative estimate of drug-likeness (QED) is 0.163. The van der Waals surface area contributed by atoms with Gasteiger partial charge in [-0.15, -0.1) is 0 Å². The van der Waals surface area contributed by atoms with Gasteiger partial charge in [-0.25, -0.2) is 8.78 Å². The molecule has 2 fully saturated rings. The first-order valence-corrected chi connectivity index (χ1v) is 20.9. The van der Waals surface area contributed by atoms with Crippen LogP contribution < -0.4 is 20.4 Å². The van der Waals surface area contributed by atoms with Gasteiger partial charge in [-0.1, -0.05) is 60.1 Å². The maximum atomic E-state index is 13.3. The molecule has 4 aromatic rings. The third kappa shape index (κ3) is 11.4. The summed E-state index contributed by atoms with van der Waals surface area (Å²) in [6.07, 6.45) is 0.420. The molecule has 0 saturated carbocycles. The van der Waals surface area contributed by atoms with Crippen LogP contribution in [0.1, 0.15) is 22.3 Å². The molecule has 0 aromatic heterocycles. The maximum Gasteiger partial charge on any atom is 0.234 e. The van der Waals surface area contributed by atoms with Crippen molar-refractivity contribution in [3.8, 4) is 12.1 Å². The molecule has 2 amide bonds. The first kappa shape index (κ1) is 41.4. The van der Waals surface area contributed by atoms with Crippen molar-refractivity contribution in [3.05, 3.63) is 119 Å². The third-order valence-electron chi connectivity index (χ3n) is 9.48. The van der Waals surface area contributed by atoms with Crippen LogP contribution in [0.15, 0.2) is 84.9 Å². The monoisotopic (exact) mass is 840 g/mol. The van der Waals surface area contributed by atoms with Crippen molar-refractivity contribution in [2.24, 2.45) is 0 Å². The summed E-state index contributed by atoms with van der Waals surface area (Å²) < 4.78 is 27.8. The van der Waals surface area contributed by atoms with Gasteiger partial charge in [-0.2, -0.15) is 10.5 Å². The number of benzene rings is 4. The van der Waals surface area contributed by atoms with Gasteiger partial charge in [0.15, 0.2) is 0 Å². The van der Waals surface area contributed by atoms with Crippen molar-refractivity contribution in [1.82, 2.24) is 9.80 Å². The van der Waals surface area contributed by atoms with Crippen molar-refractivity contribution in [1.29, 1.82) is 10.5 Å². The summed E-state index contributed by atoms with van der Waals surface area (Å²) in [6, 6.07) is 27.6. The van der Waals surface area contributed by atoms with Crippen LogP contribution in [0, 0.1) is 34.3 Å². The largest absolute Gasteiger partial charge is 0.368 e. The summed E-state index contributed by atoms with van der Waals surface area (Å²) in [5.74, 6) is -0.926. The average molecular weight is 841 g/mol. The van der Waals surface area contributed by atoms with E-state index >= 15 is 0 Å². The number of amides is 2. The van der Waals surface area contributed by atoms with E-state index in [9.17, 15) is 28.9 Å². The highest BCUT2D eigenvalue weighted by atomic mass is 32.2. The summed E-state index contributed by atoms with van der Waals surface area (Å²) in [4.78, 5) is 34.2. The fourth-order valence-corrected chi connectivity index (χ4v) is 8.55. The Morgan fingerprint density at radius 2 is 0.965 bits per heavy atom. The number of carbonyl (C=O) groups is 2. The van der Waals surface area contributed by atoms with E-state index in [0.29, 0.717) is 63.7 Å². The van der Waals surface area contributed by atoms with Gasteiger partial charge in [0, 0.05) is 63.7 Å². The number of halogens is 2. The van der Waals surface area contributed by atoms with Crippen LogP contribution in [0.3, 0.4) is 0 Å². The van der Waals surface area contributed by atoms with Crippen molar-refractivity contribution in [2.75, 3.05) is 84.3 Å². The van der Waals surface area contributed by atoms with Gasteiger partial charge in [0.1, 0.15) is 32.4 Å². The summed E-state index contributed by atoms with van der Waals surface area (Å²) in [5, 5.41) is 25.4. The van der Waals surface area contributed by atoms with Gasteiger partial charge < -0.3 is 30.2 Å². The second-order valence-corrected chi connectivity index (χ2v) is 16.5. The highest BCUT2D eigenvalue weighted by Gasteiger charge is 2.22. The van der Waals surface area contributed by atoms with Crippen LogP contribution in [-0.2, 0) is 16.0 Å². The zero-order chi connectivity index (χ0) is 40.3. The Hall–Kier alpha value is -5.26. The molecule has 0 spiro atoms. The van der Waals surface area contributed by atoms with Crippen LogP contribution in [0.25, 0.3) is 0 Å². The Kier molecular flexibility index (Phi) is 14.3. The van der Waals surface area contributed by atoms with Gasteiger partial charge in [0.25, 0.3) is 0 Å². The van der Waals surface area contributed by atoms with Crippen molar-refractivity contribution in [3.63, 3.8) is 0 Å². The van der Waals surface area contributed by atoms with E-state index in [1.54, 1.807) is 48.5 Å². The number of nitriles is 2. The lowest BCUT2D eigenvalue weighted by molar-refractivity contribution is -0.114. The number of hydrogen-bond donors (Lipinski definition) is 2. The highest BCUT2D eigenvalue weighted by Crippen LogP contribution is 2.25. The fraction of sp³-hybridized carbons (Fsp3) is 0.268. The van der Waals surface area contributed by atoms with E-state index in [0.717, 1.165) is 48.7 Å². The standard InChI is InChI=1S/C41H38F2N8O2S4/c42-32-3-7-34(8-4-32)48-13-17-50(18-14-48)40(54)56-26-38(52)46-36-11-1-28(22-30(36)24-44)21-29-2-12-37(31(23-29)25-45)47-39(53)27-57-41(55)51-19-15-49(16-20-51)35-9-5-33(43)6-10-35/h1-12,22-23H,13-21,26-27H2,(H,46,52)(H,47,53). The van der Waals surface area contributed by atoms with Crippen molar-refractivity contribution in [2.45, 2.75) is 6.42 Å². The predicted molar refractivity (Wildman–Crippen MR) is 233 cm³/mol. The number of nitrogens with one attached hydrogen (secondary N) is 2. The fourth-order valence-electron chi connectivity index (χ4n) is 6.45. The van der Waals surface area contributed by atoms with Crippen LogP contribution in [0.2, 0.25) is 0 Å². The van der Waals surface area contributed by atoms with E-state index in [4.69, 9.17) is 24.4 Å². The number of thioether (sulfide) groups is 2. The summed E-state index contributed by atoms with van der Waals surface area (Å²) >= 11 is 13.7. The van der Waals surface area contributed by atoms with Gasteiger partial charge in [-0.05, 0) is 90.3 Å². The van der Waals surface area contributed by atoms with E-state index in [1.807, 2.05) is 12.1 Å². The predicted octanol–water partition coefficient (Wildman–Crippen LogP) is 6.86. The topological polar surface area (TPSA) is 119 Å². The molecule has 2 aliphatic heterocycles. The highest BCUT2D eigenvalue weighted by molar-refractivity contribution is 8.23. The maximum absolute atomic E-state index is 13.3. The SMILES string of the molecule is N#Cc1cc(Cc2ccc(NC(=O)CSC(=S)N3CCN(c4ccc(F)cc4)CC3)c(C#N)c2)ccc1NC(=O)CSC(=S)N1CCN(c2ccc(F)cc2)CC1. The Balaban J connectivity index is 0.938. The average Bonchev–Trinajstić information content (AvgIpc) is 3.23. The van der Waals surface area contributed by atoms with Gasteiger partial charge in [0.2, 0.25) is 11.8 Å². The van der Waals surface area contributed by atoms with Crippen molar-refractivity contribution < 1.29 is 18.4 Å². The molecule has 10 nitrogen and oxygen atoms in total. The zero-order valence-corrected chi connectivity index (χ0v) is 34.0. The van der Waals surface area contributed by atoms with Crippen LogP contribution in [-0.4, -0.2) is 94.1 Å². The summed E-state index contributed by atoms with van der Waals surface area (Å²) in [6.45, 7) is 5.67. The smallest absolute Gasteiger partial charge is 0.234 e. The Morgan fingerprint density at radius 3 is 1.32 bits per heavy atom. The molecule has 0 unspecified atom stereocenters. The Labute approximate surface area is 349 Å². The molecule has 57 heavy (non-hydrogen) atoms. The zero-order valence-electron chi connectivity index (χ0n) is 30.7. The first-order chi connectivity index (χ1) is 27.6. The molecule has 2 N–H and O–H groups in total. The molecular formula is C41H38F2N8O2S4. The number of hydrogen-bond acceptors (Lipinski definition) is 10. The lowest BCUT2D eigenvalue weighted by atomic mass is 10.00. The molecular weight excluding hydrogens is 803 g/mol. The van der Waals surface area contributed by atoms with Gasteiger partial charge in [0.05, 0.1) is 34.0 Å². The molecule has 2 aliphatic rings. The molecule has 292 valence electrons.